The fraction of sp³-hybridized carbons (Fsp3) is 0.471. The van der Waals surface area contributed by atoms with Crippen molar-refractivity contribution in [2.75, 3.05) is 25.1 Å². The molecule has 106 valence electrons. The molecular weight excluding hydrogens is 248 g/mol. The van der Waals surface area contributed by atoms with Crippen LogP contribution in [0.5, 0.6) is 5.75 Å². The summed E-state index contributed by atoms with van der Waals surface area (Å²) in [4.78, 5) is 7.28. The summed E-state index contributed by atoms with van der Waals surface area (Å²) in [5.74, 6) is 2.70. The van der Waals surface area contributed by atoms with Gasteiger partial charge in [-0.05, 0) is 43.4 Å². The highest BCUT2D eigenvalue weighted by Crippen LogP contribution is 2.30. The largest absolute Gasteiger partial charge is 0.494 e. The molecule has 0 saturated carbocycles. The van der Waals surface area contributed by atoms with Gasteiger partial charge >= 0.3 is 0 Å². The molecule has 2 heterocycles. The van der Waals surface area contributed by atoms with Crippen LogP contribution in [0.15, 0.2) is 24.3 Å². The van der Waals surface area contributed by atoms with E-state index in [1.807, 2.05) is 12.1 Å². The van der Waals surface area contributed by atoms with Crippen LogP contribution >= 0.6 is 0 Å². The Hall–Kier alpha value is -1.77. The zero-order valence-corrected chi connectivity index (χ0v) is 12.5. The highest BCUT2D eigenvalue weighted by Gasteiger charge is 2.19. The van der Waals surface area contributed by atoms with Crippen molar-refractivity contribution in [1.29, 1.82) is 0 Å². The van der Waals surface area contributed by atoms with Gasteiger partial charge in [-0.25, -0.2) is 4.98 Å². The van der Waals surface area contributed by atoms with Crippen LogP contribution in [0.1, 0.15) is 25.3 Å². The smallest absolute Gasteiger partial charge is 0.145 e. The minimum atomic E-state index is 0.749. The molecule has 0 aliphatic carbocycles. The van der Waals surface area contributed by atoms with Gasteiger partial charge < -0.3 is 9.64 Å². The third-order valence-electron chi connectivity index (χ3n) is 4.20. The fourth-order valence-corrected chi connectivity index (χ4v) is 3.10. The van der Waals surface area contributed by atoms with Gasteiger partial charge in [0.1, 0.15) is 17.1 Å². The first kappa shape index (κ1) is 13.2. The number of aryl methyl sites for hydroxylation is 1. The van der Waals surface area contributed by atoms with Crippen molar-refractivity contribution in [3.8, 4) is 5.75 Å². The van der Waals surface area contributed by atoms with Crippen LogP contribution in [0, 0.1) is 12.8 Å². The summed E-state index contributed by atoms with van der Waals surface area (Å²) < 4.78 is 5.46. The fourth-order valence-electron chi connectivity index (χ4n) is 3.10. The monoisotopic (exact) mass is 270 g/mol. The molecule has 1 aliphatic rings. The molecule has 20 heavy (non-hydrogen) atoms. The first-order valence-corrected chi connectivity index (χ1v) is 7.38. The lowest BCUT2D eigenvalue weighted by Crippen LogP contribution is -2.34. The first-order valence-electron chi connectivity index (χ1n) is 7.38. The number of anilines is 1. The molecule has 3 heteroatoms. The maximum absolute atomic E-state index is 5.46. The second-order valence-corrected chi connectivity index (χ2v) is 5.85. The summed E-state index contributed by atoms with van der Waals surface area (Å²) in [5, 5.41) is 1.18. The van der Waals surface area contributed by atoms with Crippen LogP contribution in [-0.4, -0.2) is 25.2 Å². The summed E-state index contributed by atoms with van der Waals surface area (Å²) >= 11 is 0. The van der Waals surface area contributed by atoms with Gasteiger partial charge in [0.25, 0.3) is 0 Å². The van der Waals surface area contributed by atoms with Gasteiger partial charge in [-0.3, -0.25) is 0 Å². The first-order chi connectivity index (χ1) is 9.69. The van der Waals surface area contributed by atoms with E-state index in [4.69, 9.17) is 9.72 Å². The van der Waals surface area contributed by atoms with E-state index in [-0.39, 0.29) is 0 Å². The number of fused-ring (bicyclic) bond motifs is 1. The zero-order valence-electron chi connectivity index (χ0n) is 12.5. The number of methoxy groups -OCH3 is 1. The molecule has 0 bridgehead atoms. The molecule has 0 N–H and O–H groups in total. The van der Waals surface area contributed by atoms with E-state index < -0.39 is 0 Å². The van der Waals surface area contributed by atoms with Crippen LogP contribution in [0.25, 0.3) is 10.9 Å². The molecule has 0 amide bonds. The van der Waals surface area contributed by atoms with E-state index in [0.717, 1.165) is 36.1 Å². The standard InChI is InChI=1S/C17H22N2O/c1-12-6-5-9-19(11-12)16-10-13(2)14-7-4-8-15(20-3)17(14)18-16/h4,7-8,10,12H,5-6,9,11H2,1-3H3/t12-/m1/s1. The number of hydrogen-bond acceptors (Lipinski definition) is 3. The van der Waals surface area contributed by atoms with Gasteiger partial charge in [0.15, 0.2) is 0 Å². The van der Waals surface area contributed by atoms with Gasteiger partial charge in [0, 0.05) is 18.5 Å². The Kier molecular flexibility index (Phi) is 3.51. The van der Waals surface area contributed by atoms with E-state index in [9.17, 15) is 0 Å². The lowest BCUT2D eigenvalue weighted by atomic mass is 10.00. The number of ether oxygens (including phenoxy) is 1. The number of rotatable bonds is 2. The Bertz CT molecular complexity index is 624. The highest BCUT2D eigenvalue weighted by atomic mass is 16.5. The van der Waals surface area contributed by atoms with E-state index in [1.54, 1.807) is 7.11 Å². The molecule has 0 unspecified atom stereocenters. The summed E-state index contributed by atoms with van der Waals surface area (Å²) in [6, 6.07) is 8.33. The minimum Gasteiger partial charge on any atom is -0.494 e. The zero-order chi connectivity index (χ0) is 14.1. The van der Waals surface area contributed by atoms with Gasteiger partial charge in [-0.15, -0.1) is 0 Å². The molecule has 1 aliphatic heterocycles. The Balaban J connectivity index is 2.08. The number of nitrogens with zero attached hydrogens (tertiary/aromatic N) is 2. The molecular formula is C17H22N2O. The number of aromatic nitrogens is 1. The van der Waals surface area contributed by atoms with Crippen molar-refractivity contribution in [3.63, 3.8) is 0 Å². The number of para-hydroxylation sites is 1. The Morgan fingerprint density at radius 1 is 1.35 bits per heavy atom. The van der Waals surface area contributed by atoms with Gasteiger partial charge in [-0.2, -0.15) is 0 Å². The number of piperidine rings is 1. The van der Waals surface area contributed by atoms with Crippen molar-refractivity contribution < 1.29 is 4.74 Å². The summed E-state index contributed by atoms with van der Waals surface area (Å²) in [6.45, 7) is 6.69. The summed E-state index contributed by atoms with van der Waals surface area (Å²) in [5.41, 5.74) is 2.24. The van der Waals surface area contributed by atoms with E-state index in [1.165, 1.54) is 23.8 Å². The number of benzene rings is 1. The molecule has 3 nitrogen and oxygen atoms in total. The second kappa shape index (κ2) is 5.31. The summed E-state index contributed by atoms with van der Waals surface area (Å²) in [6.07, 6.45) is 2.58. The maximum atomic E-state index is 5.46. The number of pyridine rings is 1. The predicted molar refractivity (Wildman–Crippen MR) is 83.6 cm³/mol. The van der Waals surface area contributed by atoms with Crippen LogP contribution in [0.4, 0.5) is 5.82 Å². The molecule has 0 radical (unpaired) electrons. The molecule has 3 rings (SSSR count). The predicted octanol–water partition coefficient (Wildman–Crippen LogP) is 3.79. The summed E-state index contributed by atoms with van der Waals surface area (Å²) in [7, 11) is 1.71. The van der Waals surface area contributed by atoms with Crippen molar-refractivity contribution in [2.45, 2.75) is 26.7 Å². The molecule has 2 aromatic rings. The van der Waals surface area contributed by atoms with Gasteiger partial charge in [0.05, 0.1) is 7.11 Å². The van der Waals surface area contributed by atoms with E-state index in [2.05, 4.69) is 30.9 Å². The van der Waals surface area contributed by atoms with Crippen LogP contribution in [-0.2, 0) is 0 Å². The molecule has 1 saturated heterocycles. The normalized spacial score (nSPS) is 19.4. The molecule has 1 aromatic heterocycles. The quantitative estimate of drug-likeness (QED) is 0.830. The van der Waals surface area contributed by atoms with Crippen molar-refractivity contribution in [3.05, 3.63) is 29.8 Å². The molecule has 1 fully saturated rings. The van der Waals surface area contributed by atoms with Crippen molar-refractivity contribution in [2.24, 2.45) is 5.92 Å². The molecule has 0 spiro atoms. The number of hydrogen-bond donors (Lipinski definition) is 0. The van der Waals surface area contributed by atoms with Crippen molar-refractivity contribution >= 4 is 16.7 Å². The van der Waals surface area contributed by atoms with Crippen molar-refractivity contribution in [1.82, 2.24) is 4.98 Å². The Morgan fingerprint density at radius 3 is 2.95 bits per heavy atom. The average molecular weight is 270 g/mol. The molecule has 1 aromatic carbocycles. The minimum absolute atomic E-state index is 0.749. The van der Waals surface area contributed by atoms with Crippen LogP contribution in [0.2, 0.25) is 0 Å². The lowest BCUT2D eigenvalue weighted by molar-refractivity contribution is 0.418. The third kappa shape index (κ3) is 2.33. The Labute approximate surface area is 120 Å². The topological polar surface area (TPSA) is 25.4 Å². The third-order valence-corrected chi connectivity index (χ3v) is 4.20. The SMILES string of the molecule is COc1cccc2c(C)cc(N3CCC[C@@H](C)C3)nc12. The molecule has 1 atom stereocenters. The van der Waals surface area contributed by atoms with Gasteiger partial charge in [0.2, 0.25) is 0 Å². The van der Waals surface area contributed by atoms with E-state index in [0.29, 0.717) is 0 Å². The van der Waals surface area contributed by atoms with Crippen LogP contribution in [0.3, 0.4) is 0 Å². The highest BCUT2D eigenvalue weighted by molar-refractivity contribution is 5.88. The lowest BCUT2D eigenvalue weighted by Gasteiger charge is -2.32. The van der Waals surface area contributed by atoms with E-state index >= 15 is 0 Å². The second-order valence-electron chi connectivity index (χ2n) is 5.85. The maximum Gasteiger partial charge on any atom is 0.145 e. The average Bonchev–Trinajstić information content (AvgIpc) is 2.46. The van der Waals surface area contributed by atoms with Gasteiger partial charge in [-0.1, -0.05) is 19.1 Å². The Morgan fingerprint density at radius 2 is 2.20 bits per heavy atom. The van der Waals surface area contributed by atoms with Crippen LogP contribution < -0.4 is 9.64 Å².